The Bertz CT molecular complexity index is 2570. The number of nitrogens with two attached hydrogens (primary N) is 1. The van der Waals surface area contributed by atoms with Gasteiger partial charge in [-0.3, -0.25) is 4.79 Å². The van der Waals surface area contributed by atoms with Crippen LogP contribution in [-0.4, -0.2) is 55.2 Å². The Labute approximate surface area is 329 Å². The van der Waals surface area contributed by atoms with Crippen LogP contribution < -0.4 is 15.8 Å². The van der Waals surface area contributed by atoms with E-state index in [2.05, 4.69) is 17.3 Å². The van der Waals surface area contributed by atoms with Crippen LogP contribution in [-0.2, 0) is 15.4 Å². The van der Waals surface area contributed by atoms with Crippen LogP contribution in [0, 0.1) is 11.6 Å². The number of carbonyl (C=O) groups excluding carboxylic acids is 1. The molecule has 57 heavy (non-hydrogen) atoms. The first-order valence-corrected chi connectivity index (χ1v) is 20.0. The Balaban J connectivity index is 1.31. The van der Waals surface area contributed by atoms with Crippen LogP contribution in [0.2, 0.25) is 0 Å². The standard InChI is InChI=1S/C45H39F2N5O4S/c1-51-23-21-35(22-24-51)56-36-17-19-39(41(48)28-36)44(53)49-43-40-29-37(57(54,55)38-26-33(46)25-34(47)27-38)18-20-42(40)52(50-43)45(30-11-5-2-6-12-30,31-13-7-3-8-14-31)32-15-9-4-10-16-32/h2-20,25-29,35H,21-24,48H2,1H3,(H,49,50,53). The molecule has 12 heteroatoms. The predicted octanol–water partition coefficient (Wildman–Crippen LogP) is 8.30. The minimum atomic E-state index is -4.45. The highest BCUT2D eigenvalue weighted by molar-refractivity contribution is 7.91. The third-order valence-corrected chi connectivity index (χ3v) is 12.2. The molecular formula is C45H39F2N5O4S. The second kappa shape index (κ2) is 15.3. The topological polar surface area (TPSA) is 120 Å². The van der Waals surface area contributed by atoms with E-state index in [4.69, 9.17) is 15.6 Å². The SMILES string of the molecule is CN1CCC(Oc2ccc(C(=O)Nc3nn(C(c4ccccc4)(c4ccccc4)c4ccccc4)c4ccc(S(=O)(=O)c5cc(F)cc(F)c5)cc34)c(N)c2)CC1. The minimum Gasteiger partial charge on any atom is -0.490 e. The fourth-order valence-electron chi connectivity index (χ4n) is 7.63. The molecule has 0 atom stereocenters. The molecule has 0 bridgehead atoms. The van der Waals surface area contributed by atoms with Gasteiger partial charge in [0.05, 0.1) is 20.9 Å². The average Bonchev–Trinajstić information content (AvgIpc) is 3.57. The van der Waals surface area contributed by atoms with Crippen molar-refractivity contribution in [3.05, 3.63) is 179 Å². The van der Waals surface area contributed by atoms with Crippen molar-refractivity contribution >= 4 is 38.2 Å². The average molecular weight is 784 g/mol. The van der Waals surface area contributed by atoms with Crippen molar-refractivity contribution in [3.63, 3.8) is 0 Å². The molecule has 8 rings (SSSR count). The number of nitrogens with one attached hydrogen (secondary N) is 1. The molecule has 1 amide bonds. The van der Waals surface area contributed by atoms with Crippen molar-refractivity contribution < 1.29 is 26.7 Å². The summed E-state index contributed by atoms with van der Waals surface area (Å²) in [7, 11) is -2.38. The Kier molecular flexibility index (Phi) is 10.1. The zero-order valence-electron chi connectivity index (χ0n) is 31.0. The number of carbonyl (C=O) groups is 1. The van der Waals surface area contributed by atoms with Gasteiger partial charge < -0.3 is 20.7 Å². The summed E-state index contributed by atoms with van der Waals surface area (Å²) in [5.41, 5.74) is 8.63. The second-order valence-corrected chi connectivity index (χ2v) is 16.1. The fraction of sp³-hybridized carbons (Fsp3) is 0.156. The van der Waals surface area contributed by atoms with Crippen LogP contribution in [0.15, 0.2) is 155 Å². The largest absolute Gasteiger partial charge is 0.490 e. The highest BCUT2D eigenvalue weighted by Gasteiger charge is 2.41. The van der Waals surface area contributed by atoms with Gasteiger partial charge in [0.2, 0.25) is 9.84 Å². The van der Waals surface area contributed by atoms with Gasteiger partial charge in [-0.15, -0.1) is 0 Å². The van der Waals surface area contributed by atoms with E-state index >= 15 is 0 Å². The molecule has 2 heterocycles. The molecular weight excluding hydrogens is 745 g/mol. The Morgan fingerprint density at radius 2 is 1.32 bits per heavy atom. The van der Waals surface area contributed by atoms with Crippen LogP contribution in [0.1, 0.15) is 39.9 Å². The zero-order valence-corrected chi connectivity index (χ0v) is 31.8. The van der Waals surface area contributed by atoms with Gasteiger partial charge in [-0.2, -0.15) is 5.10 Å². The number of fused-ring (bicyclic) bond motifs is 1. The maximum absolute atomic E-state index is 14.3. The van der Waals surface area contributed by atoms with Gasteiger partial charge in [0.15, 0.2) is 5.82 Å². The monoisotopic (exact) mass is 783 g/mol. The molecule has 0 radical (unpaired) electrons. The molecule has 1 aromatic heterocycles. The van der Waals surface area contributed by atoms with Crippen molar-refractivity contribution in [2.24, 2.45) is 0 Å². The van der Waals surface area contributed by atoms with E-state index in [0.29, 0.717) is 17.3 Å². The molecule has 0 spiro atoms. The van der Waals surface area contributed by atoms with E-state index < -0.39 is 37.8 Å². The first kappa shape index (κ1) is 37.5. The lowest BCUT2D eigenvalue weighted by Crippen LogP contribution is -2.38. The van der Waals surface area contributed by atoms with Gasteiger partial charge in [0.1, 0.15) is 29.0 Å². The number of hydrogen-bond donors (Lipinski definition) is 2. The number of benzene rings is 6. The molecule has 1 fully saturated rings. The van der Waals surface area contributed by atoms with E-state index in [1.807, 2.05) is 91.0 Å². The number of aromatic nitrogens is 2. The summed E-state index contributed by atoms with van der Waals surface area (Å²) in [6, 6.07) is 40.6. The molecule has 288 valence electrons. The van der Waals surface area contributed by atoms with Gasteiger partial charge in [0.25, 0.3) is 5.91 Å². The summed E-state index contributed by atoms with van der Waals surface area (Å²) in [4.78, 5) is 15.6. The molecule has 3 N–H and O–H groups in total. The molecule has 1 saturated heterocycles. The van der Waals surface area contributed by atoms with E-state index in [-0.39, 0.29) is 33.5 Å². The molecule has 7 aromatic rings. The summed E-state index contributed by atoms with van der Waals surface area (Å²) < 4.78 is 64.5. The lowest BCUT2D eigenvalue weighted by molar-refractivity contribution is 0.102. The van der Waals surface area contributed by atoms with Crippen molar-refractivity contribution in [1.82, 2.24) is 14.7 Å². The number of anilines is 2. The molecule has 1 aliphatic rings. The Hall–Kier alpha value is -6.37. The van der Waals surface area contributed by atoms with Crippen LogP contribution in [0.5, 0.6) is 5.75 Å². The van der Waals surface area contributed by atoms with Crippen molar-refractivity contribution in [2.75, 3.05) is 31.2 Å². The highest BCUT2D eigenvalue weighted by atomic mass is 32.2. The second-order valence-electron chi connectivity index (χ2n) is 14.2. The number of halogens is 2. The summed E-state index contributed by atoms with van der Waals surface area (Å²) in [6.45, 7) is 1.84. The number of sulfone groups is 1. The van der Waals surface area contributed by atoms with Crippen LogP contribution in [0.3, 0.4) is 0 Å². The third kappa shape index (κ3) is 7.13. The molecule has 0 unspecified atom stereocenters. The van der Waals surface area contributed by atoms with E-state index in [1.54, 1.807) is 28.9 Å². The van der Waals surface area contributed by atoms with E-state index in [9.17, 15) is 22.0 Å². The number of rotatable bonds is 10. The molecule has 6 aromatic carbocycles. The van der Waals surface area contributed by atoms with Crippen molar-refractivity contribution in [1.29, 1.82) is 0 Å². The highest BCUT2D eigenvalue weighted by Crippen LogP contribution is 2.44. The summed E-state index contributed by atoms with van der Waals surface area (Å²) in [5.74, 6) is -2.07. The number of ether oxygens (including phenoxy) is 1. The number of likely N-dealkylation sites (tertiary alicyclic amines) is 1. The first-order chi connectivity index (χ1) is 27.5. The Morgan fingerprint density at radius 1 is 0.754 bits per heavy atom. The number of nitrogen functional groups attached to an aromatic ring is 1. The lowest BCUT2D eigenvalue weighted by Gasteiger charge is -2.37. The van der Waals surface area contributed by atoms with Crippen molar-refractivity contribution in [3.8, 4) is 5.75 Å². The molecule has 1 aliphatic heterocycles. The first-order valence-electron chi connectivity index (χ1n) is 18.5. The number of piperidine rings is 1. The lowest BCUT2D eigenvalue weighted by atomic mass is 9.77. The van der Waals surface area contributed by atoms with Gasteiger partial charge >= 0.3 is 0 Å². The van der Waals surface area contributed by atoms with Crippen LogP contribution >= 0.6 is 0 Å². The third-order valence-electron chi connectivity index (χ3n) is 10.5. The summed E-state index contributed by atoms with van der Waals surface area (Å²) in [6.07, 6.45) is 1.77. The number of nitrogens with zero attached hydrogens (tertiary/aromatic N) is 3. The number of hydrogen-bond acceptors (Lipinski definition) is 7. The fourth-order valence-corrected chi connectivity index (χ4v) is 8.96. The smallest absolute Gasteiger partial charge is 0.258 e. The molecule has 0 aliphatic carbocycles. The number of amides is 1. The maximum Gasteiger partial charge on any atom is 0.258 e. The summed E-state index contributed by atoms with van der Waals surface area (Å²) in [5, 5.41) is 8.29. The molecule has 9 nitrogen and oxygen atoms in total. The van der Waals surface area contributed by atoms with Crippen LogP contribution in [0.25, 0.3) is 10.9 Å². The Morgan fingerprint density at radius 3 is 1.86 bits per heavy atom. The maximum atomic E-state index is 14.3. The van der Waals surface area contributed by atoms with E-state index in [0.717, 1.165) is 54.8 Å². The predicted molar refractivity (Wildman–Crippen MR) is 216 cm³/mol. The minimum absolute atomic E-state index is 0.0315. The van der Waals surface area contributed by atoms with Gasteiger partial charge in [-0.25, -0.2) is 21.9 Å². The van der Waals surface area contributed by atoms with Gasteiger partial charge in [-0.05, 0) is 79.0 Å². The quantitative estimate of drug-likeness (QED) is 0.106. The zero-order chi connectivity index (χ0) is 39.7. The normalized spacial score (nSPS) is 14.1. The van der Waals surface area contributed by atoms with Gasteiger partial charge in [-0.1, -0.05) is 91.0 Å². The van der Waals surface area contributed by atoms with Crippen LogP contribution in [0.4, 0.5) is 20.3 Å². The van der Waals surface area contributed by atoms with Gasteiger partial charge in [0, 0.05) is 36.3 Å². The van der Waals surface area contributed by atoms with Crippen molar-refractivity contribution in [2.45, 2.75) is 34.3 Å². The van der Waals surface area contributed by atoms with E-state index in [1.165, 1.54) is 12.1 Å². The summed E-state index contributed by atoms with van der Waals surface area (Å²) >= 11 is 0. The molecule has 0 saturated carbocycles.